The smallest absolute Gasteiger partial charge is 0.337 e. The summed E-state index contributed by atoms with van der Waals surface area (Å²) in [5.74, 6) is -1.22. The lowest BCUT2D eigenvalue weighted by Crippen LogP contribution is -2.12. The molecule has 0 amide bonds. The first kappa shape index (κ1) is 16.0. The number of hydrogen-bond donors (Lipinski definition) is 1. The molecule has 5 nitrogen and oxygen atoms in total. The van der Waals surface area contributed by atoms with Crippen LogP contribution in [0.25, 0.3) is 10.9 Å². The van der Waals surface area contributed by atoms with Crippen LogP contribution in [0.5, 0.6) is 0 Å². The van der Waals surface area contributed by atoms with Crippen molar-refractivity contribution in [3.8, 4) is 0 Å². The van der Waals surface area contributed by atoms with Crippen LogP contribution >= 0.6 is 27.5 Å². The summed E-state index contributed by atoms with van der Waals surface area (Å²) in [5, 5.41) is 9.73. The van der Waals surface area contributed by atoms with Crippen LogP contribution in [-0.2, 0) is 10.0 Å². The van der Waals surface area contributed by atoms with Crippen molar-refractivity contribution in [2.75, 3.05) is 0 Å². The van der Waals surface area contributed by atoms with Gasteiger partial charge in [-0.25, -0.2) is 17.2 Å². The Kier molecular flexibility index (Phi) is 3.95. The third kappa shape index (κ3) is 2.65. The number of carboxylic acids is 1. The van der Waals surface area contributed by atoms with Crippen LogP contribution in [-0.4, -0.2) is 23.5 Å². The summed E-state index contributed by atoms with van der Waals surface area (Å²) < 4.78 is 27.3. The van der Waals surface area contributed by atoms with Crippen molar-refractivity contribution in [2.45, 2.75) is 4.90 Å². The molecule has 3 rings (SSSR count). The number of rotatable bonds is 3. The van der Waals surface area contributed by atoms with Crippen LogP contribution in [0, 0.1) is 0 Å². The molecule has 0 radical (unpaired) electrons. The maximum absolute atomic E-state index is 12.8. The molecule has 23 heavy (non-hydrogen) atoms. The SMILES string of the molecule is O=C(O)c1cn(S(=O)(=O)c2ccc(Br)cc2)c2c(Cl)cccc12. The Morgan fingerprint density at radius 1 is 1.13 bits per heavy atom. The number of hydrogen-bond acceptors (Lipinski definition) is 3. The van der Waals surface area contributed by atoms with Gasteiger partial charge in [-0.3, -0.25) is 0 Å². The maximum atomic E-state index is 12.8. The second kappa shape index (κ2) is 5.67. The van der Waals surface area contributed by atoms with E-state index < -0.39 is 16.0 Å². The van der Waals surface area contributed by atoms with Crippen molar-refractivity contribution in [2.24, 2.45) is 0 Å². The standard InChI is InChI=1S/C15H9BrClNO4S/c16-9-4-6-10(7-5-9)23(21,22)18-8-12(15(19)20)11-2-1-3-13(17)14(11)18/h1-8H,(H,19,20). The van der Waals surface area contributed by atoms with E-state index in [1.807, 2.05) is 0 Å². The number of aromatic carboxylic acids is 1. The van der Waals surface area contributed by atoms with Gasteiger partial charge in [0.2, 0.25) is 0 Å². The molecular formula is C15H9BrClNO4S. The minimum Gasteiger partial charge on any atom is -0.478 e. The van der Waals surface area contributed by atoms with Crippen molar-refractivity contribution in [1.82, 2.24) is 3.97 Å². The van der Waals surface area contributed by atoms with E-state index in [1.165, 1.54) is 24.3 Å². The summed E-state index contributed by atoms with van der Waals surface area (Å²) in [4.78, 5) is 11.4. The number of halogens is 2. The topological polar surface area (TPSA) is 76.4 Å². The average Bonchev–Trinajstić information content (AvgIpc) is 2.89. The number of nitrogens with zero attached hydrogens (tertiary/aromatic N) is 1. The second-order valence-electron chi connectivity index (χ2n) is 4.74. The summed E-state index contributed by atoms with van der Waals surface area (Å²) in [6, 6.07) is 10.7. The molecule has 0 atom stereocenters. The third-order valence-electron chi connectivity index (χ3n) is 3.34. The first-order chi connectivity index (χ1) is 10.8. The predicted molar refractivity (Wildman–Crippen MR) is 90.6 cm³/mol. The average molecular weight is 415 g/mol. The maximum Gasteiger partial charge on any atom is 0.337 e. The molecule has 0 fully saturated rings. The van der Waals surface area contributed by atoms with Gasteiger partial charge in [0.05, 0.1) is 21.0 Å². The van der Waals surface area contributed by atoms with E-state index in [2.05, 4.69) is 15.9 Å². The van der Waals surface area contributed by atoms with Gasteiger partial charge in [0.1, 0.15) is 0 Å². The van der Waals surface area contributed by atoms with Gasteiger partial charge in [-0.2, -0.15) is 0 Å². The van der Waals surface area contributed by atoms with Crippen LogP contribution in [0.1, 0.15) is 10.4 Å². The van der Waals surface area contributed by atoms with Crippen molar-refractivity contribution in [1.29, 1.82) is 0 Å². The van der Waals surface area contributed by atoms with Crippen LogP contribution in [0.2, 0.25) is 5.02 Å². The highest BCUT2D eigenvalue weighted by Crippen LogP contribution is 2.31. The molecule has 0 aliphatic carbocycles. The number of aromatic nitrogens is 1. The quantitative estimate of drug-likeness (QED) is 0.703. The highest BCUT2D eigenvalue weighted by atomic mass is 79.9. The first-order valence-corrected chi connectivity index (χ1v) is 8.97. The fourth-order valence-corrected chi connectivity index (χ4v) is 4.26. The lowest BCUT2D eigenvalue weighted by Gasteiger charge is -2.08. The normalized spacial score (nSPS) is 11.7. The van der Waals surface area contributed by atoms with Gasteiger partial charge in [0, 0.05) is 16.1 Å². The van der Waals surface area contributed by atoms with Gasteiger partial charge >= 0.3 is 5.97 Å². The van der Waals surface area contributed by atoms with Gasteiger partial charge in [-0.05, 0) is 30.3 Å². The van der Waals surface area contributed by atoms with Crippen molar-refractivity contribution < 1.29 is 18.3 Å². The Morgan fingerprint density at radius 2 is 1.78 bits per heavy atom. The van der Waals surface area contributed by atoms with E-state index in [-0.39, 0.29) is 26.4 Å². The summed E-state index contributed by atoms with van der Waals surface area (Å²) in [6.45, 7) is 0. The van der Waals surface area contributed by atoms with E-state index >= 15 is 0 Å². The zero-order chi connectivity index (χ0) is 16.8. The third-order valence-corrected chi connectivity index (χ3v) is 5.85. The molecule has 2 aromatic carbocycles. The van der Waals surface area contributed by atoms with Crippen molar-refractivity contribution in [3.63, 3.8) is 0 Å². The molecule has 118 valence electrons. The van der Waals surface area contributed by atoms with Crippen LogP contribution in [0.4, 0.5) is 0 Å². The molecule has 0 spiro atoms. The summed E-state index contributed by atoms with van der Waals surface area (Å²) >= 11 is 9.36. The molecule has 1 heterocycles. The molecule has 0 saturated carbocycles. The predicted octanol–water partition coefficient (Wildman–Crippen LogP) is 3.99. The Bertz CT molecular complexity index is 1030. The molecule has 1 aromatic heterocycles. The number of fused-ring (bicyclic) bond motifs is 1. The number of para-hydroxylation sites is 1. The zero-order valence-corrected chi connectivity index (χ0v) is 14.6. The molecular weight excluding hydrogens is 406 g/mol. The molecule has 8 heteroatoms. The molecule has 1 N–H and O–H groups in total. The van der Waals surface area contributed by atoms with E-state index in [0.29, 0.717) is 0 Å². The number of carbonyl (C=O) groups is 1. The minimum atomic E-state index is -3.97. The Hall–Kier alpha value is -1.83. The molecule has 0 saturated heterocycles. The molecule has 0 bridgehead atoms. The zero-order valence-electron chi connectivity index (χ0n) is 11.4. The van der Waals surface area contributed by atoms with E-state index in [0.717, 1.165) is 14.6 Å². The number of carboxylic acid groups (broad SMARTS) is 1. The number of benzene rings is 2. The fourth-order valence-electron chi connectivity index (χ4n) is 2.29. The Labute approximate surface area is 145 Å². The minimum absolute atomic E-state index is 0.0365. The lowest BCUT2D eigenvalue weighted by molar-refractivity contribution is 0.0699. The van der Waals surface area contributed by atoms with Gasteiger partial charge < -0.3 is 5.11 Å². The molecule has 0 aliphatic rings. The highest BCUT2D eigenvalue weighted by Gasteiger charge is 2.24. The van der Waals surface area contributed by atoms with Crippen LogP contribution in [0.15, 0.2) is 58.0 Å². The van der Waals surface area contributed by atoms with E-state index in [9.17, 15) is 18.3 Å². The molecule has 0 aliphatic heterocycles. The van der Waals surface area contributed by atoms with Crippen molar-refractivity contribution in [3.05, 3.63) is 63.7 Å². The highest BCUT2D eigenvalue weighted by molar-refractivity contribution is 9.10. The summed E-state index contributed by atoms with van der Waals surface area (Å²) in [5.41, 5.74) is 0.0256. The van der Waals surface area contributed by atoms with Crippen LogP contribution in [0.3, 0.4) is 0 Å². The van der Waals surface area contributed by atoms with Crippen molar-refractivity contribution >= 4 is 54.4 Å². The Balaban J connectivity index is 2.36. The first-order valence-electron chi connectivity index (χ1n) is 6.36. The summed E-state index contributed by atoms with van der Waals surface area (Å²) in [7, 11) is -3.97. The van der Waals surface area contributed by atoms with Gasteiger partial charge in [0.15, 0.2) is 0 Å². The van der Waals surface area contributed by atoms with E-state index in [1.54, 1.807) is 18.2 Å². The van der Waals surface area contributed by atoms with E-state index in [4.69, 9.17) is 11.6 Å². The van der Waals surface area contributed by atoms with Gasteiger partial charge in [-0.1, -0.05) is 39.7 Å². The second-order valence-corrected chi connectivity index (χ2v) is 7.88. The largest absolute Gasteiger partial charge is 0.478 e. The fraction of sp³-hybridized carbons (Fsp3) is 0. The van der Waals surface area contributed by atoms with Crippen LogP contribution < -0.4 is 0 Å². The Morgan fingerprint density at radius 3 is 2.39 bits per heavy atom. The van der Waals surface area contributed by atoms with Gasteiger partial charge in [-0.15, -0.1) is 0 Å². The van der Waals surface area contributed by atoms with Gasteiger partial charge in [0.25, 0.3) is 10.0 Å². The molecule has 3 aromatic rings. The molecule has 0 unspecified atom stereocenters. The summed E-state index contributed by atoms with van der Waals surface area (Å²) in [6.07, 6.45) is 1.08. The lowest BCUT2D eigenvalue weighted by atomic mass is 10.2. The monoisotopic (exact) mass is 413 g/mol.